The summed E-state index contributed by atoms with van der Waals surface area (Å²) in [7, 11) is 0. The Morgan fingerprint density at radius 2 is 2.18 bits per heavy atom. The molecule has 0 amide bonds. The first-order valence-corrected chi connectivity index (χ1v) is 3.88. The molecule has 11 heavy (non-hydrogen) atoms. The summed E-state index contributed by atoms with van der Waals surface area (Å²) in [5, 5.41) is 2.04. The molecule has 1 aliphatic rings. The van der Waals surface area contributed by atoms with Crippen LogP contribution in [0.1, 0.15) is 20.8 Å². The Morgan fingerprint density at radius 1 is 1.55 bits per heavy atom. The minimum Gasteiger partial charge on any atom is -0.346 e. The minimum absolute atomic E-state index is 0.0974. The van der Waals surface area contributed by atoms with Crippen molar-refractivity contribution >= 4 is 0 Å². The summed E-state index contributed by atoms with van der Waals surface area (Å²) in [4.78, 5) is 0. The first-order chi connectivity index (χ1) is 5.00. The molecule has 3 N–H and O–H groups in total. The number of hydrogen-bond donors (Lipinski definition) is 2. The second-order valence-corrected chi connectivity index (χ2v) is 3.80. The lowest BCUT2D eigenvalue weighted by Crippen LogP contribution is -2.59. The van der Waals surface area contributed by atoms with Crippen LogP contribution in [0, 0.1) is 0 Å². The van der Waals surface area contributed by atoms with Crippen LogP contribution in [0.2, 0.25) is 0 Å². The molecule has 1 aliphatic heterocycles. The highest BCUT2D eigenvalue weighted by Gasteiger charge is 2.25. The molecule has 0 aromatic carbocycles. The van der Waals surface area contributed by atoms with Gasteiger partial charge in [0.15, 0.2) is 0 Å². The topological polar surface area (TPSA) is 50.5 Å². The zero-order valence-electron chi connectivity index (χ0n) is 7.42. The Morgan fingerprint density at radius 3 is 2.55 bits per heavy atom. The van der Waals surface area contributed by atoms with Crippen molar-refractivity contribution in [3.63, 3.8) is 0 Å². The highest BCUT2D eigenvalue weighted by atomic mass is 16.5. The Bertz CT molecular complexity index is 124. The highest BCUT2D eigenvalue weighted by molar-refractivity contribution is 4.73. The summed E-state index contributed by atoms with van der Waals surface area (Å²) < 4.78 is 5.26. The Labute approximate surface area is 67.7 Å². The largest absolute Gasteiger partial charge is 0.346 e. The molecule has 1 heterocycles. The normalized spacial score (nSPS) is 28.9. The second-order valence-electron chi connectivity index (χ2n) is 3.80. The number of rotatable bonds is 0. The summed E-state index contributed by atoms with van der Waals surface area (Å²) >= 11 is 0. The molecule has 1 atom stereocenters. The Kier molecular flexibility index (Phi) is 2.49. The number of hydrazine groups is 1. The molecule has 1 fully saturated rings. The number of hydrogen-bond acceptors (Lipinski definition) is 4. The average molecular weight is 159 g/mol. The molecule has 66 valence electrons. The number of nitrogens with zero attached hydrogens (tertiary/aromatic N) is 1. The van der Waals surface area contributed by atoms with Crippen LogP contribution in [0.15, 0.2) is 0 Å². The summed E-state index contributed by atoms with van der Waals surface area (Å²) in [6, 6.07) is 0. The van der Waals surface area contributed by atoms with E-state index in [1.807, 2.05) is 5.01 Å². The molecule has 0 aromatic rings. The van der Waals surface area contributed by atoms with Crippen molar-refractivity contribution in [1.29, 1.82) is 0 Å². The monoisotopic (exact) mass is 159 g/mol. The van der Waals surface area contributed by atoms with E-state index in [0.717, 1.165) is 0 Å². The maximum absolute atomic E-state index is 5.53. The van der Waals surface area contributed by atoms with Gasteiger partial charge in [-0.05, 0) is 20.8 Å². The fourth-order valence-corrected chi connectivity index (χ4v) is 0.906. The van der Waals surface area contributed by atoms with E-state index in [2.05, 4.69) is 26.2 Å². The molecule has 4 heteroatoms. The number of nitrogens with two attached hydrogens (primary N) is 1. The molecular weight excluding hydrogens is 142 g/mol. The van der Waals surface area contributed by atoms with Crippen LogP contribution in [-0.2, 0) is 4.74 Å². The summed E-state index contributed by atoms with van der Waals surface area (Å²) in [5.41, 5.74) is 8.82. The van der Waals surface area contributed by atoms with Gasteiger partial charge in [0.2, 0.25) is 0 Å². The van der Waals surface area contributed by atoms with Crippen LogP contribution in [0.4, 0.5) is 0 Å². The minimum atomic E-state index is -0.159. The van der Waals surface area contributed by atoms with E-state index >= 15 is 0 Å². The highest BCUT2D eigenvalue weighted by Crippen LogP contribution is 2.12. The Balaban J connectivity index is 2.39. The lowest BCUT2D eigenvalue weighted by Gasteiger charge is -2.40. The first-order valence-electron chi connectivity index (χ1n) is 3.88. The van der Waals surface area contributed by atoms with Gasteiger partial charge < -0.3 is 10.5 Å². The van der Waals surface area contributed by atoms with Crippen molar-refractivity contribution in [2.24, 2.45) is 5.73 Å². The van der Waals surface area contributed by atoms with Gasteiger partial charge in [0.1, 0.15) is 13.0 Å². The zero-order valence-corrected chi connectivity index (χ0v) is 7.42. The number of ether oxygens (including phenoxy) is 1. The van der Waals surface area contributed by atoms with E-state index < -0.39 is 0 Å². The third-order valence-corrected chi connectivity index (χ3v) is 1.71. The maximum atomic E-state index is 5.53. The van der Waals surface area contributed by atoms with Gasteiger partial charge in [-0.2, -0.15) is 0 Å². The molecule has 1 saturated heterocycles. The van der Waals surface area contributed by atoms with Crippen LogP contribution in [-0.4, -0.2) is 30.1 Å². The second kappa shape index (κ2) is 3.06. The molecule has 0 bridgehead atoms. The van der Waals surface area contributed by atoms with Crippen molar-refractivity contribution in [3.05, 3.63) is 0 Å². The van der Waals surface area contributed by atoms with E-state index in [-0.39, 0.29) is 11.8 Å². The van der Waals surface area contributed by atoms with Crippen LogP contribution in [0.25, 0.3) is 0 Å². The van der Waals surface area contributed by atoms with Crippen LogP contribution < -0.4 is 11.2 Å². The maximum Gasteiger partial charge on any atom is 0.121 e. The van der Waals surface area contributed by atoms with Crippen molar-refractivity contribution in [1.82, 2.24) is 10.4 Å². The smallest absolute Gasteiger partial charge is 0.121 e. The van der Waals surface area contributed by atoms with Gasteiger partial charge in [-0.15, -0.1) is 0 Å². The van der Waals surface area contributed by atoms with Crippen molar-refractivity contribution in [2.45, 2.75) is 32.5 Å². The predicted molar refractivity (Wildman–Crippen MR) is 43.5 cm³/mol. The molecule has 0 saturated carbocycles. The van der Waals surface area contributed by atoms with Gasteiger partial charge in [-0.25, -0.2) is 10.4 Å². The molecule has 0 radical (unpaired) electrons. The van der Waals surface area contributed by atoms with Gasteiger partial charge in [0.25, 0.3) is 0 Å². The Hall–Kier alpha value is -0.160. The van der Waals surface area contributed by atoms with E-state index in [0.29, 0.717) is 13.3 Å². The summed E-state index contributed by atoms with van der Waals surface area (Å²) in [5.74, 6) is 0. The molecule has 4 nitrogen and oxygen atoms in total. The molecule has 0 aliphatic carbocycles. The van der Waals surface area contributed by atoms with E-state index in [1.54, 1.807) is 0 Å². The SMILES string of the molecule is CC(C)(C)N1COC(N)CN1. The van der Waals surface area contributed by atoms with E-state index in [1.165, 1.54) is 0 Å². The standard InChI is InChI=1S/C7H17N3O/c1-7(2,3)10-5-11-6(8)4-9-10/h6,9H,4-5,8H2,1-3H3. The predicted octanol–water partition coefficient (Wildman–Crippen LogP) is -0.136. The van der Waals surface area contributed by atoms with Gasteiger partial charge in [0, 0.05) is 5.54 Å². The van der Waals surface area contributed by atoms with Gasteiger partial charge in [0.05, 0.1) is 6.54 Å². The van der Waals surface area contributed by atoms with Crippen molar-refractivity contribution < 1.29 is 4.74 Å². The first kappa shape index (κ1) is 8.93. The third kappa shape index (κ3) is 2.41. The van der Waals surface area contributed by atoms with Crippen molar-refractivity contribution in [3.8, 4) is 0 Å². The van der Waals surface area contributed by atoms with Gasteiger partial charge in [-0.3, -0.25) is 0 Å². The van der Waals surface area contributed by atoms with Gasteiger partial charge >= 0.3 is 0 Å². The van der Waals surface area contributed by atoms with Crippen LogP contribution in [0.5, 0.6) is 0 Å². The number of nitrogens with one attached hydrogen (secondary N) is 1. The van der Waals surface area contributed by atoms with Gasteiger partial charge in [-0.1, -0.05) is 0 Å². The molecule has 1 rings (SSSR count). The lowest BCUT2D eigenvalue weighted by atomic mass is 10.1. The summed E-state index contributed by atoms with van der Waals surface area (Å²) in [6.45, 7) is 7.63. The fraction of sp³-hybridized carbons (Fsp3) is 1.00. The molecular formula is C7H17N3O. The van der Waals surface area contributed by atoms with E-state index in [4.69, 9.17) is 10.5 Å². The molecule has 0 aromatic heterocycles. The third-order valence-electron chi connectivity index (χ3n) is 1.71. The lowest BCUT2D eigenvalue weighted by molar-refractivity contribution is -0.125. The quantitative estimate of drug-likeness (QED) is 0.516. The fourth-order valence-electron chi connectivity index (χ4n) is 0.906. The molecule has 1 unspecified atom stereocenters. The van der Waals surface area contributed by atoms with Crippen LogP contribution >= 0.6 is 0 Å². The van der Waals surface area contributed by atoms with Crippen LogP contribution in [0.3, 0.4) is 0 Å². The van der Waals surface area contributed by atoms with E-state index in [9.17, 15) is 0 Å². The average Bonchev–Trinajstić information content (AvgIpc) is 1.86. The van der Waals surface area contributed by atoms with Crippen molar-refractivity contribution in [2.75, 3.05) is 13.3 Å². The molecule has 0 spiro atoms. The summed E-state index contributed by atoms with van der Waals surface area (Å²) in [6.07, 6.45) is -0.159. The zero-order chi connectivity index (χ0) is 8.48.